The fourth-order valence-electron chi connectivity index (χ4n) is 1.18. The molecule has 0 aromatic rings. The van der Waals surface area contributed by atoms with Crippen molar-refractivity contribution >= 4 is 34.8 Å². The van der Waals surface area contributed by atoms with E-state index in [1.54, 1.807) is 0 Å². The van der Waals surface area contributed by atoms with E-state index in [4.69, 9.17) is 50.1 Å². The van der Waals surface area contributed by atoms with E-state index < -0.39 is 9.77 Å². The molecule has 0 atom stereocenters. The second kappa shape index (κ2) is 7.75. The average molecular weight is 292 g/mol. The minimum absolute atomic E-state index is 0.542. The van der Waals surface area contributed by atoms with Crippen molar-refractivity contribution < 1.29 is 15.3 Å². The molecular formula is C10H17Cl3O3. The van der Waals surface area contributed by atoms with Crippen LogP contribution in [0.3, 0.4) is 0 Å². The number of allylic oxidation sites excluding steroid dienone is 1. The van der Waals surface area contributed by atoms with Crippen molar-refractivity contribution in [2.45, 2.75) is 48.3 Å². The molecule has 0 radical (unpaired) electrons. The van der Waals surface area contributed by atoms with Crippen molar-refractivity contribution in [2.75, 3.05) is 0 Å². The van der Waals surface area contributed by atoms with Crippen LogP contribution in [0.25, 0.3) is 0 Å². The van der Waals surface area contributed by atoms with Crippen molar-refractivity contribution in [2.24, 2.45) is 0 Å². The maximum Gasteiger partial charge on any atom is 0.297 e. The van der Waals surface area contributed by atoms with Gasteiger partial charge in [0.25, 0.3) is 5.97 Å². The van der Waals surface area contributed by atoms with Crippen molar-refractivity contribution in [3.8, 4) is 0 Å². The van der Waals surface area contributed by atoms with Gasteiger partial charge < -0.3 is 15.3 Å². The number of halogens is 3. The van der Waals surface area contributed by atoms with Crippen LogP contribution >= 0.6 is 34.8 Å². The molecule has 0 aliphatic rings. The Balaban J connectivity index is 3.32. The lowest BCUT2D eigenvalue weighted by Crippen LogP contribution is -2.23. The SMILES string of the molecule is OC(O)(O)C=CCCCCCCC(Cl)(Cl)Cl. The molecule has 0 aromatic carbocycles. The number of rotatable bonds is 7. The fraction of sp³-hybridized carbons (Fsp3) is 0.800. The van der Waals surface area contributed by atoms with Gasteiger partial charge in [0.2, 0.25) is 0 Å². The van der Waals surface area contributed by atoms with Crippen molar-refractivity contribution in [1.82, 2.24) is 0 Å². The summed E-state index contributed by atoms with van der Waals surface area (Å²) in [6.45, 7) is 0. The van der Waals surface area contributed by atoms with E-state index in [9.17, 15) is 0 Å². The zero-order valence-corrected chi connectivity index (χ0v) is 11.1. The molecule has 0 bridgehead atoms. The number of hydrogen-bond acceptors (Lipinski definition) is 3. The minimum Gasteiger partial charge on any atom is -0.340 e. The first-order valence-electron chi connectivity index (χ1n) is 5.12. The molecule has 3 N–H and O–H groups in total. The summed E-state index contributed by atoms with van der Waals surface area (Å²) in [7, 11) is 0. The lowest BCUT2D eigenvalue weighted by Gasteiger charge is -2.09. The first-order valence-corrected chi connectivity index (χ1v) is 6.26. The molecule has 0 aliphatic heterocycles. The van der Waals surface area contributed by atoms with Crippen LogP contribution in [0.4, 0.5) is 0 Å². The molecule has 0 aromatic heterocycles. The van der Waals surface area contributed by atoms with E-state index >= 15 is 0 Å². The summed E-state index contributed by atoms with van der Waals surface area (Å²) in [4.78, 5) is 0. The molecular weight excluding hydrogens is 274 g/mol. The zero-order valence-electron chi connectivity index (χ0n) is 8.87. The first-order chi connectivity index (χ1) is 7.21. The highest BCUT2D eigenvalue weighted by Gasteiger charge is 2.17. The topological polar surface area (TPSA) is 60.7 Å². The van der Waals surface area contributed by atoms with Crippen LogP contribution in [0.2, 0.25) is 0 Å². The van der Waals surface area contributed by atoms with Gasteiger partial charge in [-0.25, -0.2) is 0 Å². The number of unbranched alkanes of at least 4 members (excludes halogenated alkanes) is 4. The summed E-state index contributed by atoms with van der Waals surface area (Å²) in [5.74, 6) is -2.70. The summed E-state index contributed by atoms with van der Waals surface area (Å²) in [6.07, 6.45) is 7.36. The fourth-order valence-corrected chi connectivity index (χ4v) is 1.58. The third-order valence-corrected chi connectivity index (χ3v) is 2.49. The van der Waals surface area contributed by atoms with Gasteiger partial charge in [0, 0.05) is 0 Å². The van der Waals surface area contributed by atoms with Crippen molar-refractivity contribution in [3.63, 3.8) is 0 Å². The van der Waals surface area contributed by atoms with Crippen LogP contribution in [0.5, 0.6) is 0 Å². The Kier molecular flexibility index (Phi) is 7.98. The van der Waals surface area contributed by atoms with E-state index in [2.05, 4.69) is 0 Å². The monoisotopic (exact) mass is 290 g/mol. The summed E-state index contributed by atoms with van der Waals surface area (Å²) in [6, 6.07) is 0. The Morgan fingerprint density at radius 3 is 1.94 bits per heavy atom. The smallest absolute Gasteiger partial charge is 0.297 e. The van der Waals surface area contributed by atoms with Crippen LogP contribution in [-0.4, -0.2) is 25.1 Å². The molecule has 0 amide bonds. The molecule has 0 saturated heterocycles. The van der Waals surface area contributed by atoms with Crippen molar-refractivity contribution in [3.05, 3.63) is 12.2 Å². The molecule has 0 saturated carbocycles. The molecule has 96 valence electrons. The predicted octanol–water partition coefficient (Wildman–Crippen LogP) is 2.88. The molecule has 0 aliphatic carbocycles. The molecule has 3 nitrogen and oxygen atoms in total. The zero-order chi connectivity index (χ0) is 12.7. The van der Waals surface area contributed by atoms with Gasteiger partial charge in [-0.15, -0.1) is 0 Å². The normalized spacial score (nSPS) is 13.6. The predicted molar refractivity (Wildman–Crippen MR) is 66.5 cm³/mol. The van der Waals surface area contributed by atoms with Crippen LogP contribution in [0, 0.1) is 0 Å². The number of hydrogen-bond donors (Lipinski definition) is 3. The van der Waals surface area contributed by atoms with Gasteiger partial charge >= 0.3 is 0 Å². The minimum atomic E-state index is -2.70. The Morgan fingerprint density at radius 2 is 1.44 bits per heavy atom. The highest BCUT2D eigenvalue weighted by atomic mass is 35.6. The quantitative estimate of drug-likeness (QED) is 0.292. The van der Waals surface area contributed by atoms with Crippen LogP contribution in [0.15, 0.2) is 12.2 Å². The Bertz CT molecular complexity index is 206. The van der Waals surface area contributed by atoms with E-state index in [1.807, 2.05) is 0 Å². The maximum atomic E-state index is 8.53. The van der Waals surface area contributed by atoms with Gasteiger partial charge in [0.15, 0.2) is 3.79 Å². The molecule has 0 fully saturated rings. The van der Waals surface area contributed by atoms with Gasteiger partial charge in [-0.05, 0) is 31.8 Å². The van der Waals surface area contributed by atoms with Gasteiger partial charge in [0.1, 0.15) is 0 Å². The average Bonchev–Trinajstić information content (AvgIpc) is 2.06. The van der Waals surface area contributed by atoms with E-state index in [-0.39, 0.29) is 0 Å². The lowest BCUT2D eigenvalue weighted by molar-refractivity contribution is -0.273. The summed E-state index contributed by atoms with van der Waals surface area (Å²) < 4.78 is -1.16. The van der Waals surface area contributed by atoms with Gasteiger partial charge in [-0.2, -0.15) is 0 Å². The van der Waals surface area contributed by atoms with E-state index in [1.165, 1.54) is 6.08 Å². The standard InChI is InChI=1S/C10H17Cl3O3/c11-9(12,13)7-5-3-1-2-4-6-8-10(14,15)16/h6,8,14-16H,1-5,7H2. The van der Waals surface area contributed by atoms with Crippen LogP contribution < -0.4 is 0 Å². The Hall–Kier alpha value is 0.490. The Labute approximate surface area is 111 Å². The highest BCUT2D eigenvalue weighted by molar-refractivity contribution is 6.67. The number of aliphatic hydroxyl groups is 3. The molecule has 6 heteroatoms. The largest absolute Gasteiger partial charge is 0.340 e. The van der Waals surface area contributed by atoms with E-state index in [0.29, 0.717) is 12.8 Å². The van der Waals surface area contributed by atoms with Gasteiger partial charge in [-0.3, -0.25) is 0 Å². The summed E-state index contributed by atoms with van der Waals surface area (Å²) in [5.41, 5.74) is 0. The van der Waals surface area contributed by atoms with Gasteiger partial charge in [0.05, 0.1) is 0 Å². The van der Waals surface area contributed by atoms with E-state index in [0.717, 1.165) is 31.8 Å². The second-order valence-electron chi connectivity index (χ2n) is 3.66. The van der Waals surface area contributed by atoms with Crippen LogP contribution in [-0.2, 0) is 0 Å². The first kappa shape index (κ1) is 16.5. The third-order valence-electron chi connectivity index (χ3n) is 1.92. The van der Waals surface area contributed by atoms with Crippen molar-refractivity contribution in [1.29, 1.82) is 0 Å². The second-order valence-corrected chi connectivity index (χ2v) is 6.17. The van der Waals surface area contributed by atoms with Crippen LogP contribution in [0.1, 0.15) is 38.5 Å². The maximum absolute atomic E-state index is 8.53. The molecule has 16 heavy (non-hydrogen) atoms. The molecule has 0 spiro atoms. The molecule has 0 rings (SSSR count). The van der Waals surface area contributed by atoms with Gasteiger partial charge in [-0.1, -0.05) is 53.7 Å². The Morgan fingerprint density at radius 1 is 0.875 bits per heavy atom. The lowest BCUT2D eigenvalue weighted by atomic mass is 10.1. The number of alkyl halides is 3. The molecule has 0 unspecified atom stereocenters. The highest BCUT2D eigenvalue weighted by Crippen LogP contribution is 2.32. The summed E-state index contributed by atoms with van der Waals surface area (Å²) in [5, 5.41) is 25.6. The summed E-state index contributed by atoms with van der Waals surface area (Å²) >= 11 is 16.7. The third kappa shape index (κ3) is 14.5. The molecule has 0 heterocycles.